The summed E-state index contributed by atoms with van der Waals surface area (Å²) in [6.45, 7) is 0. The van der Waals surface area contributed by atoms with E-state index in [4.69, 9.17) is 5.11 Å². The molecule has 2 aromatic rings. The lowest BCUT2D eigenvalue weighted by Crippen LogP contribution is -2.07. The van der Waals surface area contributed by atoms with Crippen molar-refractivity contribution in [3.63, 3.8) is 0 Å². The third-order valence-electron chi connectivity index (χ3n) is 1.89. The first kappa shape index (κ1) is 8.68. The number of H-pyrrole nitrogens is 1. The fourth-order valence-corrected chi connectivity index (χ4v) is 1.22. The van der Waals surface area contributed by atoms with E-state index < -0.39 is 22.9 Å². The van der Waals surface area contributed by atoms with Gasteiger partial charge in [0.1, 0.15) is 5.82 Å². The fraction of sp³-hybridized carbons (Fsp3) is 0. The van der Waals surface area contributed by atoms with Gasteiger partial charge < -0.3 is 10.1 Å². The van der Waals surface area contributed by atoms with E-state index in [1.165, 1.54) is 0 Å². The molecule has 72 valence electrons. The predicted molar refractivity (Wildman–Crippen MR) is 46.1 cm³/mol. The molecule has 0 aliphatic carbocycles. The van der Waals surface area contributed by atoms with Gasteiger partial charge in [-0.2, -0.15) is 0 Å². The number of pyridine rings is 1. The van der Waals surface area contributed by atoms with Crippen LogP contribution in [-0.2, 0) is 0 Å². The number of benzene rings is 1. The van der Waals surface area contributed by atoms with Gasteiger partial charge in [-0.05, 0) is 18.2 Å². The zero-order valence-electron chi connectivity index (χ0n) is 6.84. The van der Waals surface area contributed by atoms with E-state index >= 15 is 0 Å². The van der Waals surface area contributed by atoms with Gasteiger partial charge in [-0.3, -0.25) is 4.79 Å². The van der Waals surface area contributed by atoms with Gasteiger partial charge in [-0.1, -0.05) is 0 Å². The Morgan fingerprint density at radius 3 is 2.71 bits per heavy atom. The van der Waals surface area contributed by atoms with Crippen LogP contribution >= 0.6 is 0 Å². The van der Waals surface area contributed by atoms with Crippen molar-refractivity contribution in [3.05, 3.63) is 40.2 Å². The molecule has 0 radical (unpaired) electrons. The molecule has 0 saturated heterocycles. The van der Waals surface area contributed by atoms with E-state index in [1.807, 2.05) is 0 Å². The van der Waals surface area contributed by atoms with Crippen molar-refractivity contribution in [1.29, 1.82) is 0 Å². The zero-order valence-corrected chi connectivity index (χ0v) is 6.84. The summed E-state index contributed by atoms with van der Waals surface area (Å²) < 4.78 is 25.9. The second-order valence-corrected chi connectivity index (χ2v) is 2.81. The molecular weight excluding hydrogens is 192 g/mol. The van der Waals surface area contributed by atoms with Crippen LogP contribution in [0.3, 0.4) is 0 Å². The second-order valence-electron chi connectivity index (χ2n) is 2.81. The number of aromatic amines is 1. The van der Waals surface area contributed by atoms with E-state index in [-0.39, 0.29) is 10.9 Å². The summed E-state index contributed by atoms with van der Waals surface area (Å²) in [5.74, 6) is -2.61. The number of hydrogen-bond acceptors (Lipinski definition) is 2. The van der Waals surface area contributed by atoms with Crippen LogP contribution in [-0.4, -0.2) is 10.1 Å². The van der Waals surface area contributed by atoms with Crippen molar-refractivity contribution in [2.24, 2.45) is 0 Å². The van der Waals surface area contributed by atoms with Gasteiger partial charge in [-0.15, -0.1) is 0 Å². The summed E-state index contributed by atoms with van der Waals surface area (Å²) in [5, 5.41) is 8.94. The minimum atomic E-state index is -1.04. The van der Waals surface area contributed by atoms with Crippen molar-refractivity contribution in [2.45, 2.75) is 0 Å². The molecule has 0 spiro atoms. The number of rotatable bonds is 0. The van der Waals surface area contributed by atoms with Gasteiger partial charge in [-0.25, -0.2) is 8.78 Å². The first-order chi connectivity index (χ1) is 6.59. The third-order valence-corrected chi connectivity index (χ3v) is 1.89. The lowest BCUT2D eigenvalue weighted by atomic mass is 10.2. The molecule has 0 fully saturated rings. The SMILES string of the molecule is O=c1[nH]c2cc(F)ccc2c(F)c1O. The topological polar surface area (TPSA) is 53.1 Å². The minimum Gasteiger partial charge on any atom is -0.501 e. The monoisotopic (exact) mass is 197 g/mol. The van der Waals surface area contributed by atoms with Crippen LogP contribution in [0.2, 0.25) is 0 Å². The molecule has 3 nitrogen and oxygen atoms in total. The lowest BCUT2D eigenvalue weighted by Gasteiger charge is -2.00. The number of hydrogen-bond donors (Lipinski definition) is 2. The van der Waals surface area contributed by atoms with Crippen molar-refractivity contribution in [1.82, 2.24) is 4.98 Å². The van der Waals surface area contributed by atoms with Crippen molar-refractivity contribution >= 4 is 10.9 Å². The molecule has 1 aromatic carbocycles. The molecule has 0 bridgehead atoms. The van der Waals surface area contributed by atoms with Gasteiger partial charge in [0.05, 0.1) is 5.52 Å². The Bertz CT molecular complexity index is 562. The molecule has 1 heterocycles. The van der Waals surface area contributed by atoms with Crippen molar-refractivity contribution < 1.29 is 13.9 Å². The van der Waals surface area contributed by atoms with Gasteiger partial charge in [0.2, 0.25) is 5.75 Å². The van der Waals surface area contributed by atoms with E-state index in [0.29, 0.717) is 0 Å². The maximum absolute atomic E-state index is 13.2. The second kappa shape index (κ2) is 2.80. The van der Waals surface area contributed by atoms with E-state index in [1.54, 1.807) is 0 Å². The normalized spacial score (nSPS) is 10.7. The van der Waals surface area contributed by atoms with E-state index in [9.17, 15) is 13.6 Å². The van der Waals surface area contributed by atoms with Crippen LogP contribution in [0.4, 0.5) is 8.78 Å². The smallest absolute Gasteiger partial charge is 0.293 e. The van der Waals surface area contributed by atoms with Gasteiger partial charge in [0.25, 0.3) is 5.56 Å². The summed E-state index contributed by atoms with van der Waals surface area (Å²) in [5.41, 5.74) is -0.953. The van der Waals surface area contributed by atoms with Crippen molar-refractivity contribution in [2.75, 3.05) is 0 Å². The molecule has 0 aliphatic rings. The number of aromatic nitrogens is 1. The number of aromatic hydroxyl groups is 1. The van der Waals surface area contributed by atoms with Gasteiger partial charge in [0, 0.05) is 5.39 Å². The number of halogens is 2. The summed E-state index contributed by atoms with van der Waals surface area (Å²) in [4.78, 5) is 13.1. The highest BCUT2D eigenvalue weighted by atomic mass is 19.1. The summed E-state index contributed by atoms with van der Waals surface area (Å²) >= 11 is 0. The molecule has 1 aromatic heterocycles. The van der Waals surface area contributed by atoms with Gasteiger partial charge >= 0.3 is 0 Å². The maximum Gasteiger partial charge on any atom is 0.293 e. The highest BCUT2D eigenvalue weighted by molar-refractivity contribution is 5.80. The van der Waals surface area contributed by atoms with Crippen LogP contribution in [0.1, 0.15) is 0 Å². The average molecular weight is 197 g/mol. The molecule has 5 heteroatoms. The van der Waals surface area contributed by atoms with Crippen molar-refractivity contribution in [3.8, 4) is 5.75 Å². The van der Waals surface area contributed by atoms with Crippen LogP contribution in [0, 0.1) is 11.6 Å². The van der Waals surface area contributed by atoms with Crippen LogP contribution in [0.15, 0.2) is 23.0 Å². The first-order valence-electron chi connectivity index (χ1n) is 3.79. The molecule has 0 atom stereocenters. The highest BCUT2D eigenvalue weighted by Crippen LogP contribution is 2.20. The fourth-order valence-electron chi connectivity index (χ4n) is 1.22. The first-order valence-corrected chi connectivity index (χ1v) is 3.79. The molecular formula is C9H5F2NO2. The molecule has 0 amide bonds. The predicted octanol–water partition coefficient (Wildman–Crippen LogP) is 1.51. The molecule has 2 rings (SSSR count). The Kier molecular flexibility index (Phi) is 1.73. The van der Waals surface area contributed by atoms with Gasteiger partial charge in [0.15, 0.2) is 5.82 Å². The molecule has 14 heavy (non-hydrogen) atoms. The Labute approximate surface area is 76.6 Å². The minimum absolute atomic E-state index is 0.0188. The summed E-state index contributed by atoms with van der Waals surface area (Å²) in [7, 11) is 0. The molecule has 0 unspecified atom stereocenters. The van der Waals surface area contributed by atoms with Crippen LogP contribution in [0.25, 0.3) is 10.9 Å². The quantitative estimate of drug-likeness (QED) is 0.672. The number of fused-ring (bicyclic) bond motifs is 1. The Hall–Kier alpha value is -1.91. The highest BCUT2D eigenvalue weighted by Gasteiger charge is 2.10. The zero-order chi connectivity index (χ0) is 10.3. The van der Waals surface area contributed by atoms with E-state index in [0.717, 1.165) is 18.2 Å². The largest absolute Gasteiger partial charge is 0.501 e. The lowest BCUT2D eigenvalue weighted by molar-refractivity contribution is 0.428. The van der Waals surface area contributed by atoms with Crippen LogP contribution < -0.4 is 5.56 Å². The third kappa shape index (κ3) is 1.14. The molecule has 0 saturated carbocycles. The Morgan fingerprint density at radius 1 is 1.29 bits per heavy atom. The van der Waals surface area contributed by atoms with E-state index in [2.05, 4.69) is 4.98 Å². The number of nitrogens with one attached hydrogen (secondary N) is 1. The summed E-state index contributed by atoms with van der Waals surface area (Å²) in [6.07, 6.45) is 0. The Morgan fingerprint density at radius 2 is 2.00 bits per heavy atom. The standard InChI is InChI=1S/C9H5F2NO2/c10-4-1-2-5-6(3-4)12-9(14)8(13)7(5)11/h1-3,13H,(H,12,14). The summed E-state index contributed by atoms with van der Waals surface area (Å²) in [6, 6.07) is 3.18. The Balaban J connectivity index is 2.98. The average Bonchev–Trinajstić information content (AvgIpc) is 2.14. The molecule has 0 aliphatic heterocycles. The van der Waals surface area contributed by atoms with Crippen LogP contribution in [0.5, 0.6) is 5.75 Å². The molecule has 2 N–H and O–H groups in total. The maximum atomic E-state index is 13.2.